The Bertz CT molecular complexity index is 1470. The molecule has 4 aromatic rings. The number of carbonyl (C=O) groups excluding carboxylic acids is 1. The van der Waals surface area contributed by atoms with E-state index in [0.717, 1.165) is 47.8 Å². The number of carbonyl (C=O) groups is 1. The molecule has 2 amide bonds. The fraction of sp³-hybridized carbons (Fsp3) is 0.300. The topological polar surface area (TPSA) is 49.7 Å². The lowest BCUT2D eigenvalue weighted by Gasteiger charge is -2.32. The van der Waals surface area contributed by atoms with Gasteiger partial charge in [0.25, 0.3) is 0 Å². The van der Waals surface area contributed by atoms with E-state index in [0.29, 0.717) is 6.54 Å². The normalized spacial score (nSPS) is 17.0. The summed E-state index contributed by atoms with van der Waals surface area (Å²) in [5.41, 5.74) is 8.02. The standard InChI is InChI=1S/C30H32N4O2S/c1-19-7-10-22(16-20(19)2)31-30(35)34-17-25-24-13-15-32(3)18-27(24)37-29(25)33-14-5-6-26(33)28(34)21-8-11-23(36-4)12-9-21/h5-12,14,16,28H,13,15,17-18H2,1-4H3,(H,31,35). The average molecular weight is 513 g/mol. The van der Waals surface area contributed by atoms with Crippen LogP contribution < -0.4 is 10.1 Å². The predicted octanol–water partition coefficient (Wildman–Crippen LogP) is 6.29. The Balaban J connectivity index is 1.48. The van der Waals surface area contributed by atoms with Crippen molar-refractivity contribution in [2.45, 2.75) is 39.4 Å². The zero-order chi connectivity index (χ0) is 25.7. The number of nitrogens with zero attached hydrogens (tertiary/aromatic N) is 3. The van der Waals surface area contributed by atoms with Crippen molar-refractivity contribution in [2.24, 2.45) is 0 Å². The monoisotopic (exact) mass is 512 g/mol. The summed E-state index contributed by atoms with van der Waals surface area (Å²) in [5.74, 6) is 0.802. The number of thiophene rings is 1. The molecule has 0 radical (unpaired) electrons. The highest BCUT2D eigenvalue weighted by Gasteiger charge is 2.36. The van der Waals surface area contributed by atoms with Crippen LogP contribution in [0.2, 0.25) is 0 Å². The van der Waals surface area contributed by atoms with E-state index in [9.17, 15) is 4.79 Å². The Hall–Kier alpha value is -3.55. The first-order valence-corrected chi connectivity index (χ1v) is 13.5. The third kappa shape index (κ3) is 4.22. The number of methoxy groups -OCH3 is 1. The maximum absolute atomic E-state index is 14.1. The van der Waals surface area contributed by atoms with E-state index in [2.05, 4.69) is 72.2 Å². The van der Waals surface area contributed by atoms with Gasteiger partial charge in [0.2, 0.25) is 0 Å². The Morgan fingerprint density at radius 3 is 2.59 bits per heavy atom. The third-order valence-electron chi connectivity index (χ3n) is 7.71. The molecule has 0 spiro atoms. The number of hydrogen-bond donors (Lipinski definition) is 1. The number of amides is 2. The van der Waals surface area contributed by atoms with Crippen LogP contribution in [0.25, 0.3) is 5.00 Å². The number of urea groups is 1. The minimum atomic E-state index is -0.242. The Kier molecular flexibility index (Phi) is 6.05. The number of aryl methyl sites for hydroxylation is 2. The molecular formula is C30H32N4O2S. The summed E-state index contributed by atoms with van der Waals surface area (Å²) >= 11 is 1.87. The van der Waals surface area contributed by atoms with Crippen LogP contribution in [0.4, 0.5) is 10.5 Å². The van der Waals surface area contributed by atoms with Crippen molar-refractivity contribution in [3.8, 4) is 10.8 Å². The Morgan fingerprint density at radius 2 is 1.84 bits per heavy atom. The highest BCUT2D eigenvalue weighted by molar-refractivity contribution is 7.15. The number of ether oxygens (including phenoxy) is 1. The van der Waals surface area contributed by atoms with Crippen LogP contribution in [0, 0.1) is 13.8 Å². The van der Waals surface area contributed by atoms with Crippen molar-refractivity contribution in [3.05, 3.63) is 99.2 Å². The summed E-state index contributed by atoms with van der Waals surface area (Å²) in [6.45, 7) is 6.71. The molecule has 6 nitrogen and oxygen atoms in total. The fourth-order valence-electron chi connectivity index (χ4n) is 5.50. The molecule has 2 aromatic carbocycles. The quantitative estimate of drug-likeness (QED) is 0.351. The summed E-state index contributed by atoms with van der Waals surface area (Å²) in [4.78, 5) is 19.9. The van der Waals surface area contributed by atoms with Gasteiger partial charge < -0.3 is 24.4 Å². The highest BCUT2D eigenvalue weighted by Crippen LogP contribution is 2.43. The molecule has 0 saturated heterocycles. The van der Waals surface area contributed by atoms with E-state index in [1.54, 1.807) is 7.11 Å². The van der Waals surface area contributed by atoms with Crippen LogP contribution in [0.1, 0.15) is 44.4 Å². The molecule has 1 atom stereocenters. The van der Waals surface area contributed by atoms with Crippen molar-refractivity contribution >= 4 is 23.1 Å². The van der Waals surface area contributed by atoms with Gasteiger partial charge in [-0.3, -0.25) is 0 Å². The molecule has 37 heavy (non-hydrogen) atoms. The molecule has 190 valence electrons. The van der Waals surface area contributed by atoms with Crippen LogP contribution >= 0.6 is 11.3 Å². The molecular weight excluding hydrogens is 480 g/mol. The minimum Gasteiger partial charge on any atom is -0.497 e. The van der Waals surface area contributed by atoms with Crippen LogP contribution in [0.3, 0.4) is 0 Å². The Labute approximate surface area is 222 Å². The van der Waals surface area contributed by atoms with E-state index < -0.39 is 0 Å². The molecule has 0 bridgehead atoms. The molecule has 0 fully saturated rings. The summed E-state index contributed by atoms with van der Waals surface area (Å²) in [6.07, 6.45) is 3.15. The zero-order valence-electron chi connectivity index (χ0n) is 21.7. The van der Waals surface area contributed by atoms with Gasteiger partial charge in [0.15, 0.2) is 0 Å². The number of hydrogen-bond acceptors (Lipinski definition) is 4. The number of anilines is 1. The lowest BCUT2D eigenvalue weighted by molar-refractivity contribution is 0.194. The predicted molar refractivity (Wildman–Crippen MR) is 149 cm³/mol. The van der Waals surface area contributed by atoms with E-state index in [1.807, 2.05) is 40.5 Å². The van der Waals surface area contributed by atoms with Gasteiger partial charge in [0.1, 0.15) is 10.8 Å². The first-order chi connectivity index (χ1) is 17.9. The van der Waals surface area contributed by atoms with Gasteiger partial charge in [-0.2, -0.15) is 0 Å². The summed E-state index contributed by atoms with van der Waals surface area (Å²) in [6, 6.07) is 18.1. The van der Waals surface area contributed by atoms with Crippen LogP contribution in [-0.4, -0.2) is 41.1 Å². The molecule has 7 heteroatoms. The molecule has 2 aliphatic rings. The second-order valence-electron chi connectivity index (χ2n) is 10.1. The summed E-state index contributed by atoms with van der Waals surface area (Å²) < 4.78 is 7.72. The molecule has 0 aliphatic carbocycles. The first kappa shape index (κ1) is 23.8. The number of aromatic nitrogens is 1. The zero-order valence-corrected chi connectivity index (χ0v) is 22.6. The van der Waals surface area contributed by atoms with Gasteiger partial charge in [-0.05, 0) is 86.0 Å². The average Bonchev–Trinajstić information content (AvgIpc) is 3.47. The molecule has 1 unspecified atom stereocenters. The maximum Gasteiger partial charge on any atom is 0.322 e. The van der Waals surface area contributed by atoms with Gasteiger partial charge >= 0.3 is 6.03 Å². The van der Waals surface area contributed by atoms with Gasteiger partial charge in [-0.25, -0.2) is 4.79 Å². The van der Waals surface area contributed by atoms with Crippen molar-refractivity contribution in [2.75, 3.05) is 26.0 Å². The van der Waals surface area contributed by atoms with E-state index in [4.69, 9.17) is 4.74 Å². The second kappa shape index (κ2) is 9.39. The largest absolute Gasteiger partial charge is 0.497 e. The van der Waals surface area contributed by atoms with Crippen molar-refractivity contribution in [1.29, 1.82) is 0 Å². The number of likely N-dealkylation sites (N-methyl/N-ethyl adjacent to an activating group) is 1. The molecule has 0 saturated carbocycles. The smallest absolute Gasteiger partial charge is 0.322 e. The van der Waals surface area contributed by atoms with E-state index in [-0.39, 0.29) is 12.1 Å². The fourth-order valence-corrected chi connectivity index (χ4v) is 6.95. The van der Waals surface area contributed by atoms with Gasteiger partial charge in [0, 0.05) is 35.4 Å². The first-order valence-electron chi connectivity index (χ1n) is 12.7. The van der Waals surface area contributed by atoms with E-state index >= 15 is 0 Å². The SMILES string of the molecule is COc1ccc(C2c3cccn3-c3sc4c(c3CN2C(=O)Nc2ccc(C)c(C)c2)CCN(C)C4)cc1. The van der Waals surface area contributed by atoms with E-state index in [1.165, 1.54) is 26.6 Å². The van der Waals surface area contributed by atoms with Crippen molar-refractivity contribution in [3.63, 3.8) is 0 Å². The number of rotatable bonds is 3. The number of nitrogens with one attached hydrogen (secondary N) is 1. The molecule has 1 N–H and O–H groups in total. The summed E-state index contributed by atoms with van der Waals surface area (Å²) in [5, 5.41) is 4.45. The maximum atomic E-state index is 14.1. The molecule has 2 aliphatic heterocycles. The van der Waals surface area contributed by atoms with Crippen LogP contribution in [0.15, 0.2) is 60.8 Å². The lowest BCUT2D eigenvalue weighted by Crippen LogP contribution is -2.38. The summed E-state index contributed by atoms with van der Waals surface area (Å²) in [7, 11) is 3.85. The van der Waals surface area contributed by atoms with Gasteiger partial charge in [-0.1, -0.05) is 18.2 Å². The number of benzene rings is 2. The van der Waals surface area contributed by atoms with Crippen LogP contribution in [0.5, 0.6) is 5.75 Å². The van der Waals surface area contributed by atoms with Gasteiger partial charge in [-0.15, -0.1) is 11.3 Å². The van der Waals surface area contributed by atoms with Crippen molar-refractivity contribution < 1.29 is 9.53 Å². The molecule has 6 rings (SSSR count). The second-order valence-corrected chi connectivity index (χ2v) is 11.2. The lowest BCUT2D eigenvalue weighted by atomic mass is 10.00. The highest BCUT2D eigenvalue weighted by atomic mass is 32.1. The Morgan fingerprint density at radius 1 is 1.03 bits per heavy atom. The molecule has 4 heterocycles. The third-order valence-corrected chi connectivity index (χ3v) is 8.96. The molecule has 2 aromatic heterocycles. The number of fused-ring (bicyclic) bond motifs is 5. The van der Waals surface area contributed by atoms with Gasteiger partial charge in [0.05, 0.1) is 25.4 Å². The minimum absolute atomic E-state index is 0.0995. The van der Waals surface area contributed by atoms with Crippen molar-refractivity contribution in [1.82, 2.24) is 14.4 Å². The van der Waals surface area contributed by atoms with Crippen LogP contribution in [-0.2, 0) is 19.5 Å².